The molecule has 2 saturated carbocycles. The van der Waals surface area contributed by atoms with E-state index < -0.39 is 5.83 Å². The molecule has 0 aromatic heterocycles. The summed E-state index contributed by atoms with van der Waals surface area (Å²) in [4.78, 5) is 0. The Morgan fingerprint density at radius 2 is 1.34 bits per heavy atom. The summed E-state index contributed by atoms with van der Waals surface area (Å²) < 4.78 is 12.9. The van der Waals surface area contributed by atoms with Gasteiger partial charge in [-0.2, -0.15) is 14.9 Å². The normalized spacial score (nSPS) is 27.8. The Hall–Kier alpha value is -2.13. The van der Waals surface area contributed by atoms with Crippen LogP contribution in [0.3, 0.4) is 0 Å². The van der Waals surface area contributed by atoms with E-state index in [9.17, 15) is 4.39 Å². The minimum atomic E-state index is -0.632. The minimum absolute atomic E-state index is 0.632. The van der Waals surface area contributed by atoms with Crippen LogP contribution >= 0.6 is 0 Å². The van der Waals surface area contributed by atoms with Crippen LogP contribution in [0.1, 0.15) is 94.1 Å². The average Bonchev–Trinajstić information content (AvgIpc) is 2.79. The SMILES string of the molecule is N#C/C(F)=C/CC[C@H]1CC[C@H](CC[C@H]2CC[C@H](c3ccc(C#N)cc3)CC2)CC1. The van der Waals surface area contributed by atoms with Crippen LogP contribution in [0.15, 0.2) is 36.2 Å². The largest absolute Gasteiger partial charge is 0.196 e. The summed E-state index contributed by atoms with van der Waals surface area (Å²) in [6, 6.07) is 12.0. The second-order valence-electron chi connectivity index (χ2n) is 9.16. The van der Waals surface area contributed by atoms with E-state index in [1.165, 1.54) is 75.8 Å². The first-order valence-electron chi connectivity index (χ1n) is 11.4. The molecule has 0 saturated heterocycles. The van der Waals surface area contributed by atoms with Crippen molar-refractivity contribution in [3.05, 3.63) is 47.3 Å². The van der Waals surface area contributed by atoms with Gasteiger partial charge in [0.1, 0.15) is 6.07 Å². The highest BCUT2D eigenvalue weighted by molar-refractivity contribution is 5.33. The quantitative estimate of drug-likeness (QED) is 0.449. The fraction of sp³-hybridized carbons (Fsp3) is 0.615. The van der Waals surface area contributed by atoms with Crippen molar-refractivity contribution < 1.29 is 4.39 Å². The molecule has 0 unspecified atom stereocenters. The maximum absolute atomic E-state index is 12.9. The lowest BCUT2D eigenvalue weighted by molar-refractivity contribution is 0.225. The third-order valence-electron chi connectivity index (χ3n) is 7.31. The van der Waals surface area contributed by atoms with Crippen molar-refractivity contribution in [2.75, 3.05) is 0 Å². The number of nitrogens with zero attached hydrogens (tertiary/aromatic N) is 2. The molecule has 0 amide bonds. The van der Waals surface area contributed by atoms with Crippen molar-refractivity contribution >= 4 is 0 Å². The molecule has 29 heavy (non-hydrogen) atoms. The molecule has 1 aromatic rings. The van der Waals surface area contributed by atoms with Crippen molar-refractivity contribution in [2.24, 2.45) is 17.8 Å². The zero-order valence-corrected chi connectivity index (χ0v) is 17.5. The van der Waals surface area contributed by atoms with Crippen molar-refractivity contribution in [1.29, 1.82) is 10.5 Å². The second kappa shape index (κ2) is 11.2. The average molecular weight is 393 g/mol. The van der Waals surface area contributed by atoms with E-state index in [2.05, 4.69) is 18.2 Å². The van der Waals surface area contributed by atoms with Gasteiger partial charge in [0.2, 0.25) is 0 Å². The second-order valence-corrected chi connectivity index (χ2v) is 9.16. The monoisotopic (exact) mass is 392 g/mol. The highest BCUT2D eigenvalue weighted by atomic mass is 19.1. The number of rotatable bonds is 7. The van der Waals surface area contributed by atoms with Crippen LogP contribution in [0.25, 0.3) is 0 Å². The summed E-state index contributed by atoms with van der Waals surface area (Å²) >= 11 is 0. The Morgan fingerprint density at radius 1 is 0.828 bits per heavy atom. The zero-order chi connectivity index (χ0) is 20.5. The lowest BCUT2D eigenvalue weighted by atomic mass is 9.74. The fourth-order valence-electron chi connectivity index (χ4n) is 5.39. The van der Waals surface area contributed by atoms with Crippen LogP contribution in [0.5, 0.6) is 0 Å². The zero-order valence-electron chi connectivity index (χ0n) is 17.5. The number of hydrogen-bond donors (Lipinski definition) is 0. The van der Waals surface area contributed by atoms with Crippen molar-refractivity contribution in [2.45, 2.75) is 83.0 Å². The van der Waals surface area contributed by atoms with Gasteiger partial charge in [0.15, 0.2) is 5.83 Å². The molecule has 2 fully saturated rings. The lowest BCUT2D eigenvalue weighted by Gasteiger charge is -2.32. The molecule has 1 aromatic carbocycles. The van der Waals surface area contributed by atoms with E-state index in [0.717, 1.165) is 29.7 Å². The Labute approximate surface area is 175 Å². The highest BCUT2D eigenvalue weighted by Crippen LogP contribution is 2.40. The van der Waals surface area contributed by atoms with Gasteiger partial charge in [-0.3, -0.25) is 0 Å². The molecule has 0 heterocycles. The van der Waals surface area contributed by atoms with Gasteiger partial charge >= 0.3 is 0 Å². The number of benzene rings is 1. The molecule has 0 bridgehead atoms. The number of nitriles is 2. The summed E-state index contributed by atoms with van der Waals surface area (Å²) in [6.45, 7) is 0. The summed E-state index contributed by atoms with van der Waals surface area (Å²) in [5.41, 5.74) is 2.16. The standard InChI is InChI=1S/C26H33FN2/c27-26(19-29)3-1-2-20-4-6-21(7-5-20)8-9-22-10-14-24(15-11-22)25-16-12-23(18-28)13-17-25/h3,12-13,16-17,20-22,24H,1-2,4-11,14-15H2/b26-3-/t20-,21-,22-,24-. The third kappa shape index (κ3) is 6.71. The van der Waals surface area contributed by atoms with E-state index in [4.69, 9.17) is 10.5 Å². The maximum atomic E-state index is 12.9. The summed E-state index contributed by atoms with van der Waals surface area (Å²) in [7, 11) is 0. The van der Waals surface area contributed by atoms with E-state index in [1.54, 1.807) is 6.07 Å². The predicted molar refractivity (Wildman–Crippen MR) is 115 cm³/mol. The van der Waals surface area contributed by atoms with Gasteiger partial charge in [-0.25, -0.2) is 0 Å². The summed E-state index contributed by atoms with van der Waals surface area (Å²) in [6.07, 6.45) is 16.4. The molecule has 0 radical (unpaired) electrons. The van der Waals surface area contributed by atoms with Gasteiger partial charge in [-0.05, 0) is 86.0 Å². The Kier molecular flexibility index (Phi) is 8.30. The molecule has 3 heteroatoms. The molecule has 0 aliphatic heterocycles. The minimum Gasteiger partial charge on any atom is -0.195 e. The van der Waals surface area contributed by atoms with Gasteiger partial charge in [-0.15, -0.1) is 0 Å². The Balaban J connectivity index is 1.31. The van der Waals surface area contributed by atoms with Gasteiger partial charge in [0.25, 0.3) is 0 Å². The number of allylic oxidation sites excluding steroid dienone is 2. The lowest BCUT2D eigenvalue weighted by Crippen LogP contribution is -2.17. The highest BCUT2D eigenvalue weighted by Gasteiger charge is 2.25. The van der Waals surface area contributed by atoms with E-state index in [1.807, 2.05) is 12.1 Å². The van der Waals surface area contributed by atoms with Crippen molar-refractivity contribution in [3.8, 4) is 12.1 Å². The Bertz CT molecular complexity index is 736. The molecular formula is C26H33FN2. The molecule has 2 aliphatic carbocycles. The fourth-order valence-corrected chi connectivity index (χ4v) is 5.39. The topological polar surface area (TPSA) is 47.6 Å². The van der Waals surface area contributed by atoms with Gasteiger partial charge in [0.05, 0.1) is 11.6 Å². The van der Waals surface area contributed by atoms with E-state index in [-0.39, 0.29) is 0 Å². The number of hydrogen-bond acceptors (Lipinski definition) is 2. The molecule has 2 aliphatic rings. The van der Waals surface area contributed by atoms with E-state index in [0.29, 0.717) is 12.3 Å². The molecule has 2 nitrogen and oxygen atoms in total. The smallest absolute Gasteiger partial charge is 0.195 e. The van der Waals surface area contributed by atoms with Gasteiger partial charge in [0, 0.05) is 0 Å². The van der Waals surface area contributed by atoms with Crippen LogP contribution < -0.4 is 0 Å². The van der Waals surface area contributed by atoms with Crippen LogP contribution in [-0.2, 0) is 0 Å². The van der Waals surface area contributed by atoms with Gasteiger partial charge in [-0.1, -0.05) is 50.7 Å². The first kappa shape index (κ1) is 21.6. The maximum Gasteiger partial charge on any atom is 0.196 e. The van der Waals surface area contributed by atoms with Crippen molar-refractivity contribution in [1.82, 2.24) is 0 Å². The van der Waals surface area contributed by atoms with Crippen LogP contribution in [0, 0.1) is 40.4 Å². The van der Waals surface area contributed by atoms with Gasteiger partial charge < -0.3 is 0 Å². The molecule has 0 atom stereocenters. The Morgan fingerprint density at radius 3 is 1.86 bits per heavy atom. The molecule has 0 N–H and O–H groups in total. The van der Waals surface area contributed by atoms with Crippen LogP contribution in [-0.4, -0.2) is 0 Å². The number of halogens is 1. The summed E-state index contributed by atoms with van der Waals surface area (Å²) in [5.74, 6) is 2.54. The van der Waals surface area contributed by atoms with Crippen molar-refractivity contribution in [3.63, 3.8) is 0 Å². The predicted octanol–water partition coefficient (Wildman–Crippen LogP) is 7.58. The molecule has 3 rings (SSSR count). The summed E-state index contributed by atoms with van der Waals surface area (Å²) in [5, 5.41) is 17.4. The molecule has 154 valence electrons. The van der Waals surface area contributed by atoms with E-state index >= 15 is 0 Å². The molecule has 0 spiro atoms. The first-order chi connectivity index (χ1) is 14.2. The molecular weight excluding hydrogens is 359 g/mol. The van der Waals surface area contributed by atoms with Crippen LogP contribution in [0.4, 0.5) is 4.39 Å². The first-order valence-corrected chi connectivity index (χ1v) is 11.4. The van der Waals surface area contributed by atoms with Crippen LogP contribution in [0.2, 0.25) is 0 Å². The third-order valence-corrected chi connectivity index (χ3v) is 7.31.